The first-order valence-electron chi connectivity index (χ1n) is 5.55. The topological polar surface area (TPSA) is 43.4 Å². The van der Waals surface area contributed by atoms with Crippen molar-refractivity contribution in [3.8, 4) is 0 Å². The third kappa shape index (κ3) is 1.50. The number of aldehydes is 1. The SMILES string of the molecule is CCCOC(=O)C12C=CC(CC1C=O)C2. The molecule has 0 aromatic rings. The lowest BCUT2D eigenvalue weighted by molar-refractivity contribution is -0.155. The fraction of sp³-hybridized carbons (Fsp3) is 0.667. The van der Waals surface area contributed by atoms with E-state index in [1.54, 1.807) is 0 Å². The third-order valence-corrected chi connectivity index (χ3v) is 3.47. The summed E-state index contributed by atoms with van der Waals surface area (Å²) in [7, 11) is 0. The van der Waals surface area contributed by atoms with E-state index < -0.39 is 5.41 Å². The van der Waals surface area contributed by atoms with Gasteiger partial charge in [-0.15, -0.1) is 0 Å². The molecule has 3 nitrogen and oxygen atoms in total. The Kier molecular flexibility index (Phi) is 2.63. The zero-order valence-corrected chi connectivity index (χ0v) is 8.94. The van der Waals surface area contributed by atoms with Crippen molar-refractivity contribution in [2.45, 2.75) is 26.2 Å². The Morgan fingerprint density at radius 2 is 2.47 bits per heavy atom. The van der Waals surface area contributed by atoms with Crippen molar-refractivity contribution < 1.29 is 14.3 Å². The Bertz CT molecular complexity index is 308. The minimum absolute atomic E-state index is 0.170. The molecule has 82 valence electrons. The van der Waals surface area contributed by atoms with E-state index in [1.165, 1.54) is 0 Å². The largest absolute Gasteiger partial charge is 0.465 e. The van der Waals surface area contributed by atoms with Gasteiger partial charge in [0, 0.05) is 5.92 Å². The maximum Gasteiger partial charge on any atom is 0.316 e. The van der Waals surface area contributed by atoms with E-state index in [9.17, 15) is 9.59 Å². The first-order valence-corrected chi connectivity index (χ1v) is 5.55. The predicted molar refractivity (Wildman–Crippen MR) is 55.1 cm³/mol. The molecule has 0 aromatic carbocycles. The summed E-state index contributed by atoms with van der Waals surface area (Å²) < 4.78 is 5.18. The maximum absolute atomic E-state index is 11.9. The van der Waals surface area contributed by atoms with Crippen LogP contribution in [-0.4, -0.2) is 18.9 Å². The van der Waals surface area contributed by atoms with Crippen LogP contribution in [0.5, 0.6) is 0 Å². The van der Waals surface area contributed by atoms with Crippen molar-refractivity contribution in [3.05, 3.63) is 12.2 Å². The normalized spacial score (nSPS) is 36.9. The van der Waals surface area contributed by atoms with Gasteiger partial charge >= 0.3 is 5.97 Å². The minimum atomic E-state index is -0.623. The van der Waals surface area contributed by atoms with Gasteiger partial charge in [-0.3, -0.25) is 4.79 Å². The second-order valence-corrected chi connectivity index (χ2v) is 4.48. The number of carbonyl (C=O) groups is 2. The van der Waals surface area contributed by atoms with Gasteiger partial charge in [0.25, 0.3) is 0 Å². The van der Waals surface area contributed by atoms with E-state index in [0.717, 1.165) is 25.5 Å². The Morgan fingerprint density at radius 1 is 1.67 bits per heavy atom. The predicted octanol–water partition coefficient (Wildman–Crippen LogP) is 1.72. The van der Waals surface area contributed by atoms with Gasteiger partial charge in [0.05, 0.1) is 12.0 Å². The van der Waals surface area contributed by atoms with E-state index in [4.69, 9.17) is 4.74 Å². The molecule has 0 radical (unpaired) electrons. The van der Waals surface area contributed by atoms with Crippen LogP contribution in [0.4, 0.5) is 0 Å². The van der Waals surface area contributed by atoms with Crippen molar-refractivity contribution >= 4 is 12.3 Å². The van der Waals surface area contributed by atoms with Gasteiger partial charge in [0.15, 0.2) is 0 Å². The van der Waals surface area contributed by atoms with Gasteiger partial charge in [-0.05, 0) is 25.2 Å². The molecule has 0 amide bonds. The summed E-state index contributed by atoms with van der Waals surface area (Å²) in [6.07, 6.45) is 7.24. The lowest BCUT2D eigenvalue weighted by Crippen LogP contribution is -2.35. The molecule has 2 rings (SSSR count). The molecule has 1 fully saturated rings. The molecular formula is C12H16O3. The summed E-state index contributed by atoms with van der Waals surface area (Å²) in [6.45, 7) is 2.41. The number of hydrogen-bond donors (Lipinski definition) is 0. The lowest BCUT2D eigenvalue weighted by atomic mass is 9.79. The van der Waals surface area contributed by atoms with E-state index in [2.05, 4.69) is 0 Å². The molecular weight excluding hydrogens is 192 g/mol. The van der Waals surface area contributed by atoms with Crippen LogP contribution in [0.1, 0.15) is 26.2 Å². The van der Waals surface area contributed by atoms with E-state index in [0.29, 0.717) is 12.5 Å². The number of carbonyl (C=O) groups excluding carboxylic acids is 2. The maximum atomic E-state index is 11.9. The molecule has 0 saturated heterocycles. The number of hydrogen-bond acceptors (Lipinski definition) is 3. The van der Waals surface area contributed by atoms with Gasteiger partial charge in [0.2, 0.25) is 0 Å². The second-order valence-electron chi connectivity index (χ2n) is 4.48. The average molecular weight is 208 g/mol. The summed E-state index contributed by atoms with van der Waals surface area (Å²) in [5, 5.41) is 0. The van der Waals surface area contributed by atoms with E-state index in [1.807, 2.05) is 19.1 Å². The van der Waals surface area contributed by atoms with Crippen molar-refractivity contribution in [1.82, 2.24) is 0 Å². The van der Waals surface area contributed by atoms with Gasteiger partial charge in [-0.2, -0.15) is 0 Å². The standard InChI is InChI=1S/C12H16O3/c1-2-5-15-11(14)12-4-3-9(7-12)6-10(12)8-13/h3-4,8-10H,2,5-7H2,1H3. The zero-order chi connectivity index (χ0) is 10.9. The van der Waals surface area contributed by atoms with Crippen LogP contribution in [-0.2, 0) is 14.3 Å². The molecule has 3 unspecified atom stereocenters. The molecule has 0 aliphatic heterocycles. The van der Waals surface area contributed by atoms with Gasteiger partial charge < -0.3 is 9.53 Å². The first-order chi connectivity index (χ1) is 7.23. The molecule has 15 heavy (non-hydrogen) atoms. The molecule has 0 N–H and O–H groups in total. The smallest absolute Gasteiger partial charge is 0.316 e. The van der Waals surface area contributed by atoms with Crippen LogP contribution < -0.4 is 0 Å². The Morgan fingerprint density at radius 3 is 3.07 bits per heavy atom. The monoisotopic (exact) mass is 208 g/mol. The van der Waals surface area contributed by atoms with Gasteiger partial charge in [-0.1, -0.05) is 19.1 Å². The summed E-state index contributed by atoms with van der Waals surface area (Å²) >= 11 is 0. The highest BCUT2D eigenvalue weighted by Crippen LogP contribution is 2.53. The Labute approximate surface area is 89.5 Å². The first kappa shape index (κ1) is 10.4. The third-order valence-electron chi connectivity index (χ3n) is 3.47. The summed E-state index contributed by atoms with van der Waals surface area (Å²) in [5.41, 5.74) is -0.623. The summed E-state index contributed by atoms with van der Waals surface area (Å²) in [5.74, 6) is 0.0175. The Balaban J connectivity index is 2.14. The van der Waals surface area contributed by atoms with E-state index >= 15 is 0 Å². The number of fused-ring (bicyclic) bond motifs is 2. The number of rotatable bonds is 4. The fourth-order valence-electron chi connectivity index (χ4n) is 2.66. The number of allylic oxidation sites excluding steroid dienone is 1. The Hall–Kier alpha value is -1.12. The van der Waals surface area contributed by atoms with Crippen LogP contribution >= 0.6 is 0 Å². The van der Waals surface area contributed by atoms with Gasteiger partial charge in [-0.25, -0.2) is 0 Å². The van der Waals surface area contributed by atoms with Crippen LogP contribution in [0.15, 0.2) is 12.2 Å². The van der Waals surface area contributed by atoms with Gasteiger partial charge in [0.1, 0.15) is 6.29 Å². The van der Waals surface area contributed by atoms with Crippen molar-refractivity contribution in [3.63, 3.8) is 0 Å². The van der Waals surface area contributed by atoms with Crippen molar-refractivity contribution in [1.29, 1.82) is 0 Å². The minimum Gasteiger partial charge on any atom is -0.465 e. The molecule has 3 heteroatoms. The summed E-state index contributed by atoms with van der Waals surface area (Å²) in [4.78, 5) is 22.9. The second kappa shape index (κ2) is 3.80. The molecule has 0 heterocycles. The number of esters is 1. The zero-order valence-electron chi connectivity index (χ0n) is 8.94. The molecule has 0 spiro atoms. The number of ether oxygens (including phenoxy) is 1. The highest BCUT2D eigenvalue weighted by molar-refractivity contribution is 5.85. The summed E-state index contributed by atoms with van der Waals surface area (Å²) in [6, 6.07) is 0. The molecule has 2 bridgehead atoms. The molecule has 3 atom stereocenters. The lowest BCUT2D eigenvalue weighted by Gasteiger charge is -2.26. The van der Waals surface area contributed by atoms with Crippen molar-refractivity contribution in [2.75, 3.05) is 6.61 Å². The molecule has 1 saturated carbocycles. The van der Waals surface area contributed by atoms with Crippen LogP contribution in [0.25, 0.3) is 0 Å². The van der Waals surface area contributed by atoms with Crippen LogP contribution in [0, 0.1) is 17.3 Å². The van der Waals surface area contributed by atoms with Crippen LogP contribution in [0.2, 0.25) is 0 Å². The highest BCUT2D eigenvalue weighted by Gasteiger charge is 2.54. The molecule has 2 aliphatic carbocycles. The van der Waals surface area contributed by atoms with Crippen LogP contribution in [0.3, 0.4) is 0 Å². The average Bonchev–Trinajstić information content (AvgIpc) is 2.83. The van der Waals surface area contributed by atoms with E-state index in [-0.39, 0.29) is 11.9 Å². The molecule has 0 aromatic heterocycles. The molecule has 2 aliphatic rings. The highest BCUT2D eigenvalue weighted by atomic mass is 16.5. The van der Waals surface area contributed by atoms with Crippen molar-refractivity contribution in [2.24, 2.45) is 17.3 Å². The fourth-order valence-corrected chi connectivity index (χ4v) is 2.66. The quantitative estimate of drug-likeness (QED) is 0.401.